The van der Waals surface area contributed by atoms with Crippen LogP contribution in [0.5, 0.6) is 0 Å². The Kier molecular flexibility index (Phi) is 5.31. The number of benzene rings is 2. The highest BCUT2D eigenvalue weighted by molar-refractivity contribution is 6.43. The van der Waals surface area contributed by atoms with Crippen molar-refractivity contribution in [1.29, 1.82) is 0 Å². The zero-order chi connectivity index (χ0) is 17.7. The second-order valence-corrected chi connectivity index (χ2v) is 5.22. The number of ether oxygens (including phenoxy) is 1. The highest BCUT2D eigenvalue weighted by atomic mass is 16.5. The van der Waals surface area contributed by atoms with Crippen LogP contribution in [-0.2, 0) is 14.3 Å². The third-order valence-electron chi connectivity index (χ3n) is 3.62. The maximum atomic E-state index is 12.0. The summed E-state index contributed by atoms with van der Waals surface area (Å²) in [7, 11) is 1.29. The predicted octanol–water partition coefficient (Wildman–Crippen LogP) is 2.67. The number of methoxy groups -OCH3 is 1. The van der Waals surface area contributed by atoms with Crippen molar-refractivity contribution in [3.05, 3.63) is 59.2 Å². The van der Waals surface area contributed by atoms with Crippen molar-refractivity contribution in [2.45, 2.75) is 13.8 Å². The van der Waals surface area contributed by atoms with Gasteiger partial charge < -0.3 is 15.4 Å². The van der Waals surface area contributed by atoms with E-state index in [-0.39, 0.29) is 0 Å². The van der Waals surface area contributed by atoms with E-state index >= 15 is 0 Å². The third kappa shape index (κ3) is 3.98. The van der Waals surface area contributed by atoms with E-state index < -0.39 is 17.8 Å². The van der Waals surface area contributed by atoms with Gasteiger partial charge in [0.15, 0.2) is 0 Å². The first-order valence-corrected chi connectivity index (χ1v) is 7.29. The van der Waals surface area contributed by atoms with Crippen molar-refractivity contribution in [3.8, 4) is 0 Å². The van der Waals surface area contributed by atoms with E-state index in [1.165, 1.54) is 31.4 Å². The Morgan fingerprint density at radius 2 is 1.50 bits per heavy atom. The zero-order valence-electron chi connectivity index (χ0n) is 13.7. The Hall–Kier alpha value is -3.15. The van der Waals surface area contributed by atoms with Crippen LogP contribution >= 0.6 is 0 Å². The van der Waals surface area contributed by atoms with Crippen molar-refractivity contribution in [3.63, 3.8) is 0 Å². The molecule has 0 bridgehead atoms. The van der Waals surface area contributed by atoms with Gasteiger partial charge in [0.05, 0.1) is 12.7 Å². The van der Waals surface area contributed by atoms with Crippen LogP contribution in [0.1, 0.15) is 21.5 Å². The van der Waals surface area contributed by atoms with Crippen LogP contribution in [0, 0.1) is 13.8 Å². The van der Waals surface area contributed by atoms with E-state index in [2.05, 4.69) is 15.4 Å². The monoisotopic (exact) mass is 326 g/mol. The normalized spacial score (nSPS) is 9.96. The molecule has 0 spiro atoms. The maximum Gasteiger partial charge on any atom is 0.337 e. The van der Waals surface area contributed by atoms with E-state index in [4.69, 9.17) is 0 Å². The Morgan fingerprint density at radius 1 is 0.875 bits per heavy atom. The van der Waals surface area contributed by atoms with Crippen LogP contribution in [0.4, 0.5) is 11.4 Å². The molecule has 0 aliphatic rings. The van der Waals surface area contributed by atoms with Crippen LogP contribution in [-0.4, -0.2) is 24.9 Å². The van der Waals surface area contributed by atoms with Gasteiger partial charge in [0.1, 0.15) is 0 Å². The van der Waals surface area contributed by atoms with Gasteiger partial charge in [-0.25, -0.2) is 4.79 Å². The van der Waals surface area contributed by atoms with Gasteiger partial charge in [0, 0.05) is 11.4 Å². The first-order valence-electron chi connectivity index (χ1n) is 7.29. The molecule has 6 heteroatoms. The van der Waals surface area contributed by atoms with E-state index in [9.17, 15) is 14.4 Å². The van der Waals surface area contributed by atoms with Crippen molar-refractivity contribution in [1.82, 2.24) is 0 Å². The highest BCUT2D eigenvalue weighted by Gasteiger charge is 2.15. The quantitative estimate of drug-likeness (QED) is 0.671. The van der Waals surface area contributed by atoms with E-state index in [1.807, 2.05) is 19.9 Å². The Balaban J connectivity index is 2.02. The molecule has 6 nitrogen and oxygen atoms in total. The highest BCUT2D eigenvalue weighted by Crippen LogP contribution is 2.18. The number of hydrogen-bond donors (Lipinski definition) is 2. The molecule has 0 aromatic heterocycles. The number of hydrogen-bond acceptors (Lipinski definition) is 4. The number of rotatable bonds is 3. The van der Waals surface area contributed by atoms with Crippen LogP contribution in [0.2, 0.25) is 0 Å². The molecule has 0 aliphatic heterocycles. The number of carbonyl (C=O) groups excluding carboxylic acids is 3. The molecule has 0 fully saturated rings. The molecule has 0 saturated heterocycles. The van der Waals surface area contributed by atoms with Crippen LogP contribution < -0.4 is 10.6 Å². The number of nitrogens with one attached hydrogen (secondary N) is 2. The van der Waals surface area contributed by atoms with Gasteiger partial charge in [0.25, 0.3) is 0 Å². The summed E-state index contributed by atoms with van der Waals surface area (Å²) in [5.74, 6) is -2.02. The minimum absolute atomic E-state index is 0.357. The van der Waals surface area contributed by atoms with Gasteiger partial charge in [-0.05, 0) is 55.3 Å². The molecule has 24 heavy (non-hydrogen) atoms. The summed E-state index contributed by atoms with van der Waals surface area (Å²) in [6, 6.07) is 11.5. The summed E-state index contributed by atoms with van der Waals surface area (Å²) in [5, 5.41) is 5.06. The molecule has 2 N–H and O–H groups in total. The minimum atomic E-state index is -0.790. The number of amides is 2. The summed E-state index contributed by atoms with van der Waals surface area (Å²) < 4.78 is 4.59. The SMILES string of the molecule is COC(=O)c1ccc(NC(=O)C(=O)Nc2cccc(C)c2C)cc1. The fourth-order valence-corrected chi connectivity index (χ4v) is 2.06. The van der Waals surface area contributed by atoms with Gasteiger partial charge in [-0.2, -0.15) is 0 Å². The number of carbonyl (C=O) groups is 3. The molecule has 0 atom stereocenters. The van der Waals surface area contributed by atoms with E-state index in [1.54, 1.807) is 12.1 Å². The summed E-state index contributed by atoms with van der Waals surface area (Å²) in [6.07, 6.45) is 0. The second-order valence-electron chi connectivity index (χ2n) is 5.22. The first kappa shape index (κ1) is 17.2. The number of aryl methyl sites for hydroxylation is 1. The van der Waals surface area contributed by atoms with Crippen molar-refractivity contribution in [2.75, 3.05) is 17.7 Å². The molecule has 0 unspecified atom stereocenters. The molecule has 2 amide bonds. The lowest BCUT2D eigenvalue weighted by molar-refractivity contribution is -0.133. The molecule has 2 rings (SSSR count). The van der Waals surface area contributed by atoms with Gasteiger partial charge in [-0.15, -0.1) is 0 Å². The lowest BCUT2D eigenvalue weighted by atomic mass is 10.1. The third-order valence-corrected chi connectivity index (χ3v) is 3.62. The summed E-state index contributed by atoms with van der Waals surface area (Å²) >= 11 is 0. The average Bonchev–Trinajstić information content (AvgIpc) is 2.58. The van der Waals surface area contributed by atoms with Crippen LogP contribution in [0.25, 0.3) is 0 Å². The topological polar surface area (TPSA) is 84.5 Å². The predicted molar refractivity (Wildman–Crippen MR) is 91.0 cm³/mol. The fraction of sp³-hybridized carbons (Fsp3) is 0.167. The number of esters is 1. The molecule has 124 valence electrons. The van der Waals surface area contributed by atoms with Crippen LogP contribution in [0.15, 0.2) is 42.5 Å². The average molecular weight is 326 g/mol. The van der Waals surface area contributed by atoms with Gasteiger partial charge in [-0.1, -0.05) is 12.1 Å². The van der Waals surface area contributed by atoms with E-state index in [0.717, 1.165) is 11.1 Å². The first-order chi connectivity index (χ1) is 11.4. The van der Waals surface area contributed by atoms with Crippen molar-refractivity contribution < 1.29 is 19.1 Å². The largest absolute Gasteiger partial charge is 0.465 e. The Labute approximate surface area is 139 Å². The molecule has 0 aliphatic carbocycles. The second kappa shape index (κ2) is 7.41. The zero-order valence-corrected chi connectivity index (χ0v) is 13.7. The van der Waals surface area contributed by atoms with E-state index in [0.29, 0.717) is 16.9 Å². The minimum Gasteiger partial charge on any atom is -0.465 e. The number of anilines is 2. The molecule has 0 radical (unpaired) electrons. The van der Waals surface area contributed by atoms with Crippen molar-refractivity contribution >= 4 is 29.2 Å². The van der Waals surface area contributed by atoms with Crippen molar-refractivity contribution in [2.24, 2.45) is 0 Å². The molecular weight excluding hydrogens is 308 g/mol. The Bertz CT molecular complexity index is 782. The lowest BCUT2D eigenvalue weighted by Gasteiger charge is -2.10. The standard InChI is InChI=1S/C18H18N2O4/c1-11-5-4-6-15(12(11)2)20-17(22)16(21)19-14-9-7-13(8-10-14)18(23)24-3/h4-10H,1-3H3,(H,19,21)(H,20,22). The van der Waals surface area contributed by atoms with Crippen LogP contribution in [0.3, 0.4) is 0 Å². The van der Waals surface area contributed by atoms with Gasteiger partial charge in [0.2, 0.25) is 0 Å². The molecule has 0 saturated carbocycles. The Morgan fingerprint density at radius 3 is 2.12 bits per heavy atom. The lowest BCUT2D eigenvalue weighted by Crippen LogP contribution is -2.29. The molecule has 0 heterocycles. The summed E-state index contributed by atoms with van der Waals surface area (Å²) in [6.45, 7) is 3.79. The summed E-state index contributed by atoms with van der Waals surface area (Å²) in [4.78, 5) is 35.3. The smallest absolute Gasteiger partial charge is 0.337 e. The molecule has 2 aromatic rings. The van der Waals surface area contributed by atoms with Gasteiger partial charge >= 0.3 is 17.8 Å². The summed E-state index contributed by atoms with van der Waals surface area (Å²) in [5.41, 5.74) is 3.28. The molecular formula is C18H18N2O4. The molecule has 2 aromatic carbocycles. The fourth-order valence-electron chi connectivity index (χ4n) is 2.06. The van der Waals surface area contributed by atoms with Gasteiger partial charge in [-0.3, -0.25) is 9.59 Å². The maximum absolute atomic E-state index is 12.0.